The van der Waals surface area contributed by atoms with E-state index in [1.807, 2.05) is 0 Å². The van der Waals surface area contributed by atoms with E-state index in [-0.39, 0.29) is 24.1 Å². The molecule has 9 nitrogen and oxygen atoms in total. The number of carbonyl (C=O) groups is 1. The molecule has 2 fully saturated rings. The second-order valence-corrected chi connectivity index (χ2v) is 9.76. The SMILES string of the molecule is O=C(Nc1ccc(F)cc1)Nc1cc(S(=O)(=O)N2CCOCC2)ccc1NCC1CCCO1. The lowest BCUT2D eigenvalue weighted by Gasteiger charge is -2.26. The maximum Gasteiger partial charge on any atom is 0.323 e. The highest BCUT2D eigenvalue weighted by Gasteiger charge is 2.27. The number of hydrogen-bond acceptors (Lipinski definition) is 6. The van der Waals surface area contributed by atoms with Crippen molar-refractivity contribution in [1.29, 1.82) is 0 Å². The second kappa shape index (κ2) is 10.5. The molecule has 4 rings (SSSR count). The van der Waals surface area contributed by atoms with Crippen LogP contribution in [0.4, 0.5) is 26.2 Å². The molecule has 0 aliphatic carbocycles. The highest BCUT2D eigenvalue weighted by Crippen LogP contribution is 2.28. The molecule has 2 heterocycles. The molecule has 0 radical (unpaired) electrons. The molecular formula is C22H27FN4O5S. The number of anilines is 3. The van der Waals surface area contributed by atoms with Crippen molar-refractivity contribution in [2.45, 2.75) is 23.8 Å². The number of halogens is 1. The van der Waals surface area contributed by atoms with Crippen LogP contribution in [0.1, 0.15) is 12.8 Å². The fourth-order valence-electron chi connectivity index (χ4n) is 3.72. The van der Waals surface area contributed by atoms with Gasteiger partial charge in [-0.3, -0.25) is 0 Å². The Morgan fingerprint density at radius 1 is 1.03 bits per heavy atom. The maximum atomic E-state index is 13.1. The summed E-state index contributed by atoms with van der Waals surface area (Å²) < 4.78 is 51.6. The van der Waals surface area contributed by atoms with E-state index in [9.17, 15) is 17.6 Å². The van der Waals surface area contributed by atoms with E-state index in [2.05, 4.69) is 16.0 Å². The number of urea groups is 1. The van der Waals surface area contributed by atoms with Gasteiger partial charge in [-0.1, -0.05) is 0 Å². The lowest BCUT2D eigenvalue weighted by Crippen LogP contribution is -2.40. The molecule has 0 aromatic heterocycles. The van der Waals surface area contributed by atoms with Crippen LogP contribution in [0.3, 0.4) is 0 Å². The first-order chi connectivity index (χ1) is 15.9. The van der Waals surface area contributed by atoms with Crippen LogP contribution in [0, 0.1) is 5.82 Å². The molecule has 0 bridgehead atoms. The summed E-state index contributed by atoms with van der Waals surface area (Å²) in [7, 11) is -3.74. The van der Waals surface area contributed by atoms with Crippen molar-refractivity contribution in [1.82, 2.24) is 4.31 Å². The zero-order valence-corrected chi connectivity index (χ0v) is 18.9. The zero-order valence-electron chi connectivity index (χ0n) is 18.1. The number of benzene rings is 2. The molecule has 2 aromatic rings. The van der Waals surface area contributed by atoms with E-state index in [0.29, 0.717) is 43.4 Å². The summed E-state index contributed by atoms with van der Waals surface area (Å²) in [4.78, 5) is 12.7. The molecule has 2 saturated heterocycles. The van der Waals surface area contributed by atoms with Gasteiger partial charge in [-0.15, -0.1) is 0 Å². The van der Waals surface area contributed by atoms with E-state index in [0.717, 1.165) is 12.8 Å². The van der Waals surface area contributed by atoms with Crippen molar-refractivity contribution in [2.24, 2.45) is 0 Å². The maximum absolute atomic E-state index is 13.1. The van der Waals surface area contributed by atoms with Crippen LogP contribution in [0.2, 0.25) is 0 Å². The highest BCUT2D eigenvalue weighted by atomic mass is 32.2. The van der Waals surface area contributed by atoms with Gasteiger partial charge in [0.15, 0.2) is 0 Å². The molecule has 1 unspecified atom stereocenters. The Hall–Kier alpha value is -2.73. The monoisotopic (exact) mass is 478 g/mol. The van der Waals surface area contributed by atoms with E-state index < -0.39 is 21.9 Å². The third-order valence-electron chi connectivity index (χ3n) is 5.49. The minimum Gasteiger partial charge on any atom is -0.381 e. The van der Waals surface area contributed by atoms with Crippen LogP contribution >= 0.6 is 0 Å². The van der Waals surface area contributed by atoms with Crippen molar-refractivity contribution in [3.63, 3.8) is 0 Å². The Balaban J connectivity index is 1.55. The van der Waals surface area contributed by atoms with Crippen LogP contribution in [-0.2, 0) is 19.5 Å². The lowest BCUT2D eigenvalue weighted by atomic mass is 10.2. The van der Waals surface area contributed by atoms with Gasteiger partial charge >= 0.3 is 6.03 Å². The fraction of sp³-hybridized carbons (Fsp3) is 0.409. The van der Waals surface area contributed by atoms with Crippen LogP contribution in [0.25, 0.3) is 0 Å². The number of nitrogens with one attached hydrogen (secondary N) is 3. The second-order valence-electron chi connectivity index (χ2n) is 7.83. The third kappa shape index (κ3) is 5.99. The van der Waals surface area contributed by atoms with E-state index >= 15 is 0 Å². The van der Waals surface area contributed by atoms with Crippen molar-refractivity contribution >= 4 is 33.1 Å². The predicted octanol–water partition coefficient (Wildman–Crippen LogP) is 3.08. The van der Waals surface area contributed by atoms with Crippen molar-refractivity contribution in [2.75, 3.05) is 55.4 Å². The summed E-state index contributed by atoms with van der Waals surface area (Å²) in [5.41, 5.74) is 1.28. The molecule has 0 spiro atoms. The first-order valence-corrected chi connectivity index (χ1v) is 12.3. The molecule has 1 atom stereocenters. The lowest BCUT2D eigenvalue weighted by molar-refractivity contribution is 0.0730. The number of amides is 2. The number of morpholine rings is 1. The summed E-state index contributed by atoms with van der Waals surface area (Å²) in [5, 5.41) is 8.57. The van der Waals surface area contributed by atoms with Crippen LogP contribution in [0.15, 0.2) is 47.4 Å². The summed E-state index contributed by atoms with van der Waals surface area (Å²) in [6.45, 7) is 2.47. The van der Waals surface area contributed by atoms with Crippen molar-refractivity contribution in [3.8, 4) is 0 Å². The largest absolute Gasteiger partial charge is 0.381 e. The topological polar surface area (TPSA) is 109 Å². The van der Waals surface area contributed by atoms with Crippen LogP contribution < -0.4 is 16.0 Å². The summed E-state index contributed by atoms with van der Waals surface area (Å²) >= 11 is 0. The number of ether oxygens (including phenoxy) is 2. The van der Waals surface area contributed by atoms with Crippen LogP contribution in [-0.4, -0.2) is 64.3 Å². The molecule has 2 aliphatic rings. The first-order valence-electron chi connectivity index (χ1n) is 10.8. The fourth-order valence-corrected chi connectivity index (χ4v) is 5.16. The summed E-state index contributed by atoms with van der Waals surface area (Å²) in [6, 6.07) is 9.35. The van der Waals surface area contributed by atoms with Gasteiger partial charge in [0, 0.05) is 31.9 Å². The number of carbonyl (C=O) groups excluding carboxylic acids is 1. The minimum absolute atomic E-state index is 0.0580. The Morgan fingerprint density at radius 3 is 2.48 bits per heavy atom. The van der Waals surface area contributed by atoms with Gasteiger partial charge in [0.1, 0.15) is 5.82 Å². The third-order valence-corrected chi connectivity index (χ3v) is 7.39. The smallest absolute Gasteiger partial charge is 0.323 e. The zero-order chi connectivity index (χ0) is 23.3. The molecule has 2 aliphatic heterocycles. The van der Waals surface area contributed by atoms with Gasteiger partial charge in [-0.2, -0.15) is 4.31 Å². The summed E-state index contributed by atoms with van der Waals surface area (Å²) in [5.74, 6) is -0.414. The molecule has 3 N–H and O–H groups in total. The average Bonchev–Trinajstić information content (AvgIpc) is 3.34. The number of rotatable bonds is 7. The molecule has 0 saturated carbocycles. The van der Waals surface area contributed by atoms with Gasteiger partial charge in [-0.05, 0) is 55.3 Å². The standard InChI is InChI=1S/C22H27FN4O5S/c23-16-3-5-17(6-4-16)25-22(28)26-21-14-19(33(29,30)27-9-12-31-13-10-27)7-8-20(21)24-15-18-2-1-11-32-18/h3-8,14,18,24H,1-2,9-13,15H2,(H2,25,26,28). The van der Waals surface area contributed by atoms with Gasteiger partial charge < -0.3 is 25.4 Å². The Kier molecular flexibility index (Phi) is 7.43. The number of hydrogen-bond donors (Lipinski definition) is 3. The van der Waals surface area contributed by atoms with Crippen molar-refractivity contribution in [3.05, 3.63) is 48.3 Å². The molecule has 33 heavy (non-hydrogen) atoms. The van der Waals surface area contributed by atoms with Crippen LogP contribution in [0.5, 0.6) is 0 Å². The predicted molar refractivity (Wildman–Crippen MR) is 123 cm³/mol. The van der Waals surface area contributed by atoms with Gasteiger partial charge in [-0.25, -0.2) is 17.6 Å². The Morgan fingerprint density at radius 2 is 1.79 bits per heavy atom. The average molecular weight is 479 g/mol. The quantitative estimate of drug-likeness (QED) is 0.564. The first kappa shape index (κ1) is 23.4. The van der Waals surface area contributed by atoms with E-state index in [4.69, 9.17) is 9.47 Å². The normalized spacial score (nSPS) is 19.2. The molecule has 2 aromatic carbocycles. The number of nitrogens with zero attached hydrogens (tertiary/aromatic N) is 1. The Labute approximate surface area is 192 Å². The highest BCUT2D eigenvalue weighted by molar-refractivity contribution is 7.89. The van der Waals surface area contributed by atoms with E-state index in [1.165, 1.54) is 40.7 Å². The summed E-state index contributed by atoms with van der Waals surface area (Å²) in [6.07, 6.45) is 1.99. The van der Waals surface area contributed by atoms with E-state index in [1.54, 1.807) is 6.07 Å². The van der Waals surface area contributed by atoms with Gasteiger partial charge in [0.2, 0.25) is 10.0 Å². The van der Waals surface area contributed by atoms with Crippen molar-refractivity contribution < 1.29 is 27.1 Å². The molecule has 11 heteroatoms. The van der Waals surface area contributed by atoms with Gasteiger partial charge in [0.25, 0.3) is 0 Å². The van der Waals surface area contributed by atoms with Gasteiger partial charge in [0.05, 0.1) is 35.6 Å². The molecule has 2 amide bonds. The minimum atomic E-state index is -3.74. The molecule has 178 valence electrons. The Bertz CT molecular complexity index is 1070. The number of sulfonamides is 1. The molecular weight excluding hydrogens is 451 g/mol.